The van der Waals surface area contributed by atoms with Crippen LogP contribution in [0.5, 0.6) is 0 Å². The Morgan fingerprint density at radius 3 is 2.90 bits per heavy atom. The second-order valence-electron chi connectivity index (χ2n) is 5.04. The lowest BCUT2D eigenvalue weighted by atomic mass is 10.1. The van der Waals surface area contributed by atoms with Crippen LogP contribution in [-0.4, -0.2) is 48.5 Å². The molecule has 1 aliphatic heterocycles. The third-order valence-corrected chi connectivity index (χ3v) is 6.32. The Morgan fingerprint density at radius 2 is 2.35 bits per heavy atom. The van der Waals surface area contributed by atoms with Crippen molar-refractivity contribution in [1.82, 2.24) is 4.90 Å². The number of carboxylic acid groups (broad SMARTS) is 1. The summed E-state index contributed by atoms with van der Waals surface area (Å²) in [5.41, 5.74) is 0. The van der Waals surface area contributed by atoms with Gasteiger partial charge in [0, 0.05) is 23.5 Å². The third-order valence-electron chi connectivity index (χ3n) is 3.64. The van der Waals surface area contributed by atoms with E-state index < -0.39 is 21.8 Å². The van der Waals surface area contributed by atoms with E-state index in [2.05, 4.69) is 4.90 Å². The number of carboxylic acids is 1. The Bertz CT molecular complexity index is 553. The summed E-state index contributed by atoms with van der Waals surface area (Å²) in [6, 6.07) is 3.67. The summed E-state index contributed by atoms with van der Waals surface area (Å²) in [5, 5.41) is 11.0. The van der Waals surface area contributed by atoms with Crippen LogP contribution in [0.25, 0.3) is 0 Å². The maximum atomic E-state index is 11.8. The van der Waals surface area contributed by atoms with Gasteiger partial charge in [0.25, 0.3) is 0 Å². The van der Waals surface area contributed by atoms with Gasteiger partial charge in [-0.15, -0.1) is 11.3 Å². The number of hydrogen-bond acceptors (Lipinski definition) is 5. The van der Waals surface area contributed by atoms with Crippen LogP contribution < -0.4 is 0 Å². The first-order valence-corrected chi connectivity index (χ1v) is 9.34. The van der Waals surface area contributed by atoms with E-state index in [9.17, 15) is 13.2 Å². The molecule has 2 atom stereocenters. The minimum atomic E-state index is -3.12. The van der Waals surface area contributed by atoms with Gasteiger partial charge in [-0.25, -0.2) is 8.42 Å². The molecular formula is C13H19NO4S2. The SMILES string of the molecule is CCC(c1cccs1)N1CCS(=O)(=O)CC1CC(=O)O. The van der Waals surface area contributed by atoms with Crippen LogP contribution in [0.2, 0.25) is 0 Å². The van der Waals surface area contributed by atoms with Crippen LogP contribution in [-0.2, 0) is 14.6 Å². The largest absolute Gasteiger partial charge is 0.481 e. The first-order valence-electron chi connectivity index (χ1n) is 6.64. The Labute approximate surface area is 123 Å². The maximum Gasteiger partial charge on any atom is 0.304 e. The fourth-order valence-corrected chi connectivity index (χ4v) is 5.25. The zero-order valence-corrected chi connectivity index (χ0v) is 13.0. The highest BCUT2D eigenvalue weighted by molar-refractivity contribution is 7.91. The van der Waals surface area contributed by atoms with Gasteiger partial charge >= 0.3 is 5.97 Å². The number of carbonyl (C=O) groups is 1. The topological polar surface area (TPSA) is 74.7 Å². The molecule has 5 nitrogen and oxygen atoms in total. The van der Waals surface area contributed by atoms with E-state index in [0.29, 0.717) is 6.54 Å². The Balaban J connectivity index is 2.24. The molecule has 1 saturated heterocycles. The second-order valence-corrected chi connectivity index (χ2v) is 8.25. The molecule has 0 amide bonds. The summed E-state index contributed by atoms with van der Waals surface area (Å²) in [6.45, 7) is 2.46. The fraction of sp³-hybridized carbons (Fsp3) is 0.615. The quantitative estimate of drug-likeness (QED) is 0.896. The fourth-order valence-electron chi connectivity index (χ4n) is 2.77. The van der Waals surface area contributed by atoms with Crippen molar-refractivity contribution in [3.05, 3.63) is 22.4 Å². The Hall–Kier alpha value is -0.920. The number of sulfone groups is 1. The highest BCUT2D eigenvalue weighted by atomic mass is 32.2. The summed E-state index contributed by atoms with van der Waals surface area (Å²) in [6.07, 6.45) is 0.720. The Kier molecular flexibility index (Phi) is 4.82. The van der Waals surface area contributed by atoms with E-state index >= 15 is 0 Å². The first-order chi connectivity index (χ1) is 9.43. The monoisotopic (exact) mass is 317 g/mol. The molecule has 1 aromatic rings. The summed E-state index contributed by atoms with van der Waals surface area (Å²) in [4.78, 5) is 14.2. The lowest BCUT2D eigenvalue weighted by Crippen LogP contribution is -2.50. The van der Waals surface area contributed by atoms with Crippen molar-refractivity contribution < 1.29 is 18.3 Å². The van der Waals surface area contributed by atoms with Crippen molar-refractivity contribution in [2.24, 2.45) is 0 Å². The number of aliphatic carboxylic acids is 1. The number of rotatable bonds is 5. The van der Waals surface area contributed by atoms with Crippen LogP contribution in [0.1, 0.15) is 30.7 Å². The average Bonchev–Trinajstić information content (AvgIpc) is 2.85. The van der Waals surface area contributed by atoms with E-state index in [1.165, 1.54) is 4.88 Å². The molecule has 20 heavy (non-hydrogen) atoms. The molecule has 112 valence electrons. The van der Waals surface area contributed by atoms with E-state index in [4.69, 9.17) is 5.11 Å². The lowest BCUT2D eigenvalue weighted by Gasteiger charge is -2.39. The van der Waals surface area contributed by atoms with Crippen molar-refractivity contribution in [1.29, 1.82) is 0 Å². The van der Waals surface area contributed by atoms with Gasteiger partial charge in [-0.05, 0) is 17.9 Å². The summed E-state index contributed by atoms with van der Waals surface area (Å²) in [5.74, 6) is -0.884. The van der Waals surface area contributed by atoms with E-state index in [-0.39, 0.29) is 24.0 Å². The standard InChI is InChI=1S/C13H19NO4S2/c1-2-11(12-4-3-6-19-12)14-5-7-20(17,18)9-10(14)8-13(15)16/h3-4,6,10-11H,2,5,7-9H2,1H3,(H,15,16). The van der Waals surface area contributed by atoms with Crippen molar-refractivity contribution >= 4 is 27.1 Å². The van der Waals surface area contributed by atoms with Crippen LogP contribution in [0.3, 0.4) is 0 Å². The maximum absolute atomic E-state index is 11.8. The number of hydrogen-bond donors (Lipinski definition) is 1. The highest BCUT2D eigenvalue weighted by Crippen LogP contribution is 2.32. The van der Waals surface area contributed by atoms with Gasteiger partial charge in [0.1, 0.15) is 0 Å². The van der Waals surface area contributed by atoms with Crippen LogP contribution in [0.15, 0.2) is 17.5 Å². The summed E-state index contributed by atoms with van der Waals surface area (Å²) in [7, 11) is -3.12. The number of nitrogens with zero attached hydrogens (tertiary/aromatic N) is 1. The predicted molar refractivity (Wildman–Crippen MR) is 78.8 cm³/mol. The lowest BCUT2D eigenvalue weighted by molar-refractivity contribution is -0.138. The molecule has 0 aliphatic carbocycles. The highest BCUT2D eigenvalue weighted by Gasteiger charge is 2.36. The van der Waals surface area contributed by atoms with Crippen LogP contribution in [0.4, 0.5) is 0 Å². The molecule has 2 rings (SSSR count). The van der Waals surface area contributed by atoms with Crippen LogP contribution in [0, 0.1) is 0 Å². The molecule has 0 spiro atoms. The third kappa shape index (κ3) is 3.59. The molecule has 0 radical (unpaired) electrons. The van der Waals surface area contributed by atoms with E-state index in [0.717, 1.165) is 6.42 Å². The van der Waals surface area contributed by atoms with Crippen molar-refractivity contribution in [3.63, 3.8) is 0 Å². The van der Waals surface area contributed by atoms with Gasteiger partial charge in [0.05, 0.1) is 17.9 Å². The molecule has 2 heterocycles. The van der Waals surface area contributed by atoms with Gasteiger partial charge in [-0.3, -0.25) is 9.69 Å². The normalized spacial score (nSPS) is 24.4. The van der Waals surface area contributed by atoms with Gasteiger partial charge in [-0.2, -0.15) is 0 Å². The van der Waals surface area contributed by atoms with E-state index in [1.807, 2.05) is 24.4 Å². The molecule has 2 unspecified atom stereocenters. The minimum Gasteiger partial charge on any atom is -0.481 e. The molecule has 0 saturated carbocycles. The molecule has 1 aliphatic rings. The zero-order valence-electron chi connectivity index (χ0n) is 11.4. The zero-order chi connectivity index (χ0) is 14.8. The van der Waals surface area contributed by atoms with Crippen molar-refractivity contribution in [3.8, 4) is 0 Å². The molecule has 7 heteroatoms. The van der Waals surface area contributed by atoms with Gasteiger partial charge < -0.3 is 5.11 Å². The minimum absolute atomic E-state index is 0.0544. The van der Waals surface area contributed by atoms with Gasteiger partial charge in [0.2, 0.25) is 0 Å². The average molecular weight is 317 g/mol. The molecular weight excluding hydrogens is 298 g/mol. The van der Waals surface area contributed by atoms with Crippen molar-refractivity contribution in [2.45, 2.75) is 31.8 Å². The molecule has 0 aromatic carbocycles. The molecule has 1 aromatic heterocycles. The molecule has 1 N–H and O–H groups in total. The van der Waals surface area contributed by atoms with E-state index in [1.54, 1.807) is 11.3 Å². The number of thiophene rings is 1. The Morgan fingerprint density at radius 1 is 1.60 bits per heavy atom. The second kappa shape index (κ2) is 6.24. The summed E-state index contributed by atoms with van der Waals surface area (Å²) < 4.78 is 23.5. The van der Waals surface area contributed by atoms with Crippen LogP contribution >= 0.6 is 11.3 Å². The van der Waals surface area contributed by atoms with Gasteiger partial charge in [-0.1, -0.05) is 13.0 Å². The molecule has 0 bridgehead atoms. The molecule has 1 fully saturated rings. The van der Waals surface area contributed by atoms with Crippen molar-refractivity contribution in [2.75, 3.05) is 18.1 Å². The first kappa shape index (κ1) is 15.5. The predicted octanol–water partition coefficient (Wildman–Crippen LogP) is 1.77. The smallest absolute Gasteiger partial charge is 0.304 e. The summed E-state index contributed by atoms with van der Waals surface area (Å²) >= 11 is 1.63. The van der Waals surface area contributed by atoms with Gasteiger partial charge in [0.15, 0.2) is 9.84 Å².